The van der Waals surface area contributed by atoms with E-state index in [4.69, 9.17) is 9.84 Å². The van der Waals surface area contributed by atoms with Crippen LogP contribution in [0.1, 0.15) is 122 Å². The third kappa shape index (κ3) is 17.4. The maximum Gasteiger partial charge on any atom is 0.344 e. The van der Waals surface area contributed by atoms with E-state index in [-0.39, 0.29) is 0 Å². The van der Waals surface area contributed by atoms with Crippen molar-refractivity contribution in [2.75, 3.05) is 5.75 Å². The van der Waals surface area contributed by atoms with E-state index in [2.05, 4.69) is 0 Å². The van der Waals surface area contributed by atoms with Gasteiger partial charge in [-0.25, -0.2) is 4.79 Å². The number of ether oxygens (including phenoxy) is 1. The molecule has 0 saturated heterocycles. The highest BCUT2D eigenvalue weighted by Crippen LogP contribution is 2.31. The Balaban J connectivity index is 1.91. The predicted octanol–water partition coefficient (Wildman–Crippen LogP) is 8.74. The number of unbranched alkanes of at least 4 members (excludes halogenated alkanes) is 15. The number of carboxylic acid groups (broad SMARTS) is 2. The van der Waals surface area contributed by atoms with Crippen LogP contribution in [0.25, 0.3) is 0 Å². The molecule has 2 N–H and O–H groups in total. The van der Waals surface area contributed by atoms with Crippen LogP contribution in [0.5, 0.6) is 5.75 Å². The first-order valence-corrected chi connectivity index (χ1v) is 14.9. The molecule has 0 saturated carbocycles. The molecule has 0 aliphatic heterocycles. The van der Waals surface area contributed by atoms with Gasteiger partial charge in [-0.2, -0.15) is 0 Å². The Morgan fingerprint density at radius 1 is 0.743 bits per heavy atom. The molecule has 1 aromatic carbocycles. The van der Waals surface area contributed by atoms with Crippen molar-refractivity contribution < 1.29 is 24.5 Å². The smallest absolute Gasteiger partial charge is 0.344 e. The van der Waals surface area contributed by atoms with Crippen LogP contribution in [0.3, 0.4) is 0 Å². The molecule has 0 aromatic heterocycles. The number of aliphatic carboxylic acids is 2. The monoisotopic (exact) mass is 508 g/mol. The van der Waals surface area contributed by atoms with Crippen LogP contribution in [-0.4, -0.2) is 34.0 Å². The lowest BCUT2D eigenvalue weighted by atomic mass is 10.0. The van der Waals surface area contributed by atoms with E-state index in [0.717, 1.165) is 23.5 Å². The molecule has 0 fully saturated rings. The van der Waals surface area contributed by atoms with Gasteiger partial charge in [0.25, 0.3) is 0 Å². The zero-order chi connectivity index (χ0) is 25.6. The van der Waals surface area contributed by atoms with Crippen LogP contribution in [0.4, 0.5) is 0 Å². The number of hydrogen-bond donors (Lipinski definition) is 2. The number of rotatable bonds is 24. The maximum atomic E-state index is 11.3. The van der Waals surface area contributed by atoms with E-state index in [1.807, 2.05) is 31.2 Å². The van der Waals surface area contributed by atoms with Crippen LogP contribution < -0.4 is 4.74 Å². The summed E-state index contributed by atoms with van der Waals surface area (Å²) in [5.41, 5.74) is 0. The molecule has 0 spiro atoms. The van der Waals surface area contributed by atoms with Crippen LogP contribution in [0, 0.1) is 0 Å². The molecule has 0 aliphatic carbocycles. The normalized spacial score (nSPS) is 11.9. The summed E-state index contributed by atoms with van der Waals surface area (Å²) in [6, 6.07) is 7.75. The number of carboxylic acids is 2. The van der Waals surface area contributed by atoms with Gasteiger partial charge in [0, 0.05) is 11.3 Å². The van der Waals surface area contributed by atoms with E-state index in [1.165, 1.54) is 89.9 Å². The van der Waals surface area contributed by atoms with E-state index >= 15 is 0 Å². The lowest BCUT2D eigenvalue weighted by Crippen LogP contribution is -2.26. The van der Waals surface area contributed by atoms with Crippen molar-refractivity contribution in [3.63, 3.8) is 0 Å². The Labute approximate surface area is 217 Å². The first-order valence-electron chi connectivity index (χ1n) is 13.9. The average Bonchev–Trinajstić information content (AvgIpc) is 2.84. The highest BCUT2D eigenvalue weighted by atomic mass is 32.2. The molecule has 1 atom stereocenters. The summed E-state index contributed by atoms with van der Waals surface area (Å²) in [6.07, 6.45) is 20.1. The van der Waals surface area contributed by atoms with Gasteiger partial charge in [-0.15, -0.1) is 11.8 Å². The molecular formula is C29H48O5S. The van der Waals surface area contributed by atoms with Gasteiger partial charge < -0.3 is 14.9 Å². The van der Waals surface area contributed by atoms with Crippen LogP contribution in [-0.2, 0) is 9.59 Å². The molecule has 0 bridgehead atoms. The zero-order valence-electron chi connectivity index (χ0n) is 21.8. The van der Waals surface area contributed by atoms with Crippen molar-refractivity contribution in [1.82, 2.24) is 0 Å². The molecule has 0 aliphatic rings. The Kier molecular flexibility index (Phi) is 19.3. The quantitative estimate of drug-likeness (QED) is 0.107. The molecule has 0 radical (unpaired) electrons. The van der Waals surface area contributed by atoms with Crippen molar-refractivity contribution in [3.8, 4) is 5.75 Å². The Hall–Kier alpha value is -1.69. The van der Waals surface area contributed by atoms with E-state index < -0.39 is 18.0 Å². The highest BCUT2D eigenvalue weighted by Gasteiger charge is 2.18. The summed E-state index contributed by atoms with van der Waals surface area (Å²) >= 11 is 1.76. The second kappa shape index (κ2) is 21.6. The van der Waals surface area contributed by atoms with Crippen LogP contribution in [0.15, 0.2) is 29.2 Å². The first-order chi connectivity index (χ1) is 17.0. The summed E-state index contributed by atoms with van der Waals surface area (Å²) in [7, 11) is 0. The second-order valence-electron chi connectivity index (χ2n) is 9.45. The topological polar surface area (TPSA) is 83.8 Å². The number of thioether (sulfide) groups is 1. The standard InChI is InChI=1S/C29H48O5S/c1-2-25(29(32)33)34-26-21-18-19-22-27(26)35-24-20-16-14-12-10-8-6-4-3-5-7-9-11-13-15-17-23-28(30)31/h18-19,21-22,25H,2-17,20,23-24H2,1H3,(H,30,31)(H,32,33). The third-order valence-corrected chi connectivity index (χ3v) is 7.45. The second-order valence-corrected chi connectivity index (χ2v) is 10.6. The summed E-state index contributed by atoms with van der Waals surface area (Å²) in [5.74, 6) is 0.132. The van der Waals surface area contributed by atoms with Gasteiger partial charge in [-0.3, -0.25) is 4.79 Å². The van der Waals surface area contributed by atoms with Crippen molar-refractivity contribution >= 4 is 23.7 Å². The van der Waals surface area contributed by atoms with Crippen LogP contribution in [0.2, 0.25) is 0 Å². The molecule has 1 rings (SSSR count). The van der Waals surface area contributed by atoms with Gasteiger partial charge >= 0.3 is 11.9 Å². The molecule has 1 aromatic rings. The minimum absolute atomic E-state index is 0.320. The summed E-state index contributed by atoms with van der Waals surface area (Å²) in [5, 5.41) is 17.8. The minimum atomic E-state index is -0.911. The van der Waals surface area contributed by atoms with E-state index in [1.54, 1.807) is 11.8 Å². The highest BCUT2D eigenvalue weighted by molar-refractivity contribution is 7.99. The van der Waals surface area contributed by atoms with Gasteiger partial charge in [0.1, 0.15) is 5.75 Å². The Bertz CT molecular complexity index is 679. The molecule has 1 unspecified atom stereocenters. The van der Waals surface area contributed by atoms with Crippen LogP contribution >= 0.6 is 11.8 Å². The van der Waals surface area contributed by atoms with Gasteiger partial charge in [0.15, 0.2) is 6.10 Å². The molecule has 6 heteroatoms. The maximum absolute atomic E-state index is 11.3. The van der Waals surface area contributed by atoms with Gasteiger partial charge in [-0.1, -0.05) is 109 Å². The SMILES string of the molecule is CCC(Oc1ccccc1SCCCCCCCCCCCCCCCCCCC(=O)O)C(=O)O. The van der Waals surface area contributed by atoms with Crippen molar-refractivity contribution in [2.45, 2.75) is 133 Å². The lowest BCUT2D eigenvalue weighted by Gasteiger charge is -2.16. The minimum Gasteiger partial charge on any atom is -0.481 e. The number of para-hydroxylation sites is 1. The molecule has 35 heavy (non-hydrogen) atoms. The van der Waals surface area contributed by atoms with Gasteiger partial charge in [0.2, 0.25) is 0 Å². The Morgan fingerprint density at radius 2 is 1.20 bits per heavy atom. The van der Waals surface area contributed by atoms with Gasteiger partial charge in [-0.05, 0) is 37.1 Å². The predicted molar refractivity (Wildman–Crippen MR) is 146 cm³/mol. The fourth-order valence-corrected chi connectivity index (χ4v) is 5.17. The largest absolute Gasteiger partial charge is 0.481 e. The van der Waals surface area contributed by atoms with E-state index in [0.29, 0.717) is 18.6 Å². The molecular weight excluding hydrogens is 460 g/mol. The first kappa shape index (κ1) is 31.3. The van der Waals surface area contributed by atoms with Gasteiger partial charge in [0.05, 0.1) is 0 Å². The Morgan fingerprint density at radius 3 is 1.66 bits per heavy atom. The van der Waals surface area contributed by atoms with Crippen molar-refractivity contribution in [2.24, 2.45) is 0 Å². The number of hydrogen-bond acceptors (Lipinski definition) is 4. The summed E-state index contributed by atoms with van der Waals surface area (Å²) in [4.78, 5) is 22.7. The summed E-state index contributed by atoms with van der Waals surface area (Å²) < 4.78 is 5.71. The molecule has 5 nitrogen and oxygen atoms in total. The molecule has 0 amide bonds. The average molecular weight is 509 g/mol. The third-order valence-electron chi connectivity index (χ3n) is 6.31. The number of carbonyl (C=O) groups is 2. The van der Waals surface area contributed by atoms with Crippen molar-refractivity contribution in [3.05, 3.63) is 24.3 Å². The number of benzene rings is 1. The van der Waals surface area contributed by atoms with Crippen molar-refractivity contribution in [1.29, 1.82) is 0 Å². The summed E-state index contributed by atoms with van der Waals surface area (Å²) in [6.45, 7) is 1.83. The fraction of sp³-hybridized carbons (Fsp3) is 0.724. The van der Waals surface area contributed by atoms with E-state index in [9.17, 15) is 14.7 Å². The fourth-order valence-electron chi connectivity index (χ4n) is 4.16. The molecule has 0 heterocycles. The molecule has 200 valence electrons. The zero-order valence-corrected chi connectivity index (χ0v) is 22.7. The lowest BCUT2D eigenvalue weighted by molar-refractivity contribution is -0.145.